The molecule has 1 aliphatic heterocycles. The Labute approximate surface area is 146 Å². The smallest absolute Gasteiger partial charge is 0.271 e. The number of benzene rings is 2. The lowest BCUT2D eigenvalue weighted by molar-refractivity contribution is 0.0953. The molecule has 1 aliphatic rings. The first-order valence-corrected chi connectivity index (χ1v) is 8.13. The van der Waals surface area contributed by atoms with Gasteiger partial charge in [0.25, 0.3) is 5.91 Å². The van der Waals surface area contributed by atoms with Gasteiger partial charge in [-0.2, -0.15) is 5.10 Å². The molecule has 0 aromatic heterocycles. The summed E-state index contributed by atoms with van der Waals surface area (Å²) in [5.41, 5.74) is 4.96. The van der Waals surface area contributed by atoms with E-state index in [-0.39, 0.29) is 11.7 Å². The fourth-order valence-electron chi connectivity index (χ4n) is 2.44. The maximum atomic E-state index is 12.2. The zero-order valence-corrected chi connectivity index (χ0v) is 14.0. The highest BCUT2D eigenvalue weighted by Gasteiger charge is 2.14. The Balaban J connectivity index is 1.55. The molecule has 130 valence electrons. The summed E-state index contributed by atoms with van der Waals surface area (Å²) in [5, 5.41) is 13.4. The lowest BCUT2D eigenvalue weighted by Crippen LogP contribution is -2.20. The molecule has 1 heterocycles. The Hall–Kier alpha value is -3.02. The van der Waals surface area contributed by atoms with Crippen molar-refractivity contribution >= 4 is 11.6 Å². The van der Waals surface area contributed by atoms with E-state index in [1.807, 2.05) is 19.1 Å². The van der Waals surface area contributed by atoms with Gasteiger partial charge in [0, 0.05) is 11.3 Å². The van der Waals surface area contributed by atoms with Gasteiger partial charge >= 0.3 is 0 Å². The van der Waals surface area contributed by atoms with E-state index in [0.717, 1.165) is 17.7 Å². The number of amides is 1. The van der Waals surface area contributed by atoms with Crippen LogP contribution in [0.5, 0.6) is 17.2 Å². The van der Waals surface area contributed by atoms with Gasteiger partial charge in [0.1, 0.15) is 19.0 Å². The number of aromatic hydroxyl groups is 1. The van der Waals surface area contributed by atoms with Gasteiger partial charge in [-0.3, -0.25) is 4.79 Å². The molecule has 0 fully saturated rings. The van der Waals surface area contributed by atoms with E-state index in [0.29, 0.717) is 36.7 Å². The summed E-state index contributed by atoms with van der Waals surface area (Å²) in [4.78, 5) is 12.2. The molecule has 6 heteroatoms. The zero-order valence-electron chi connectivity index (χ0n) is 14.0. The molecule has 0 bridgehead atoms. The molecule has 0 radical (unpaired) electrons. The molecule has 0 aliphatic carbocycles. The van der Waals surface area contributed by atoms with Crippen molar-refractivity contribution in [1.29, 1.82) is 0 Å². The fourth-order valence-corrected chi connectivity index (χ4v) is 2.44. The first kappa shape index (κ1) is 16.8. The van der Waals surface area contributed by atoms with Gasteiger partial charge in [0.05, 0.1) is 0 Å². The molecule has 2 N–H and O–H groups in total. The third-order valence-electron chi connectivity index (χ3n) is 3.86. The van der Waals surface area contributed by atoms with E-state index >= 15 is 0 Å². The number of carbonyl (C=O) groups is 1. The molecule has 0 saturated carbocycles. The van der Waals surface area contributed by atoms with Crippen molar-refractivity contribution in [1.82, 2.24) is 5.43 Å². The maximum absolute atomic E-state index is 12.2. The molecule has 0 spiro atoms. The van der Waals surface area contributed by atoms with Gasteiger partial charge in [-0.05, 0) is 55.7 Å². The van der Waals surface area contributed by atoms with Crippen molar-refractivity contribution in [3.05, 3.63) is 53.6 Å². The molecule has 2 aromatic carbocycles. The second-order valence-corrected chi connectivity index (χ2v) is 5.81. The number of nitrogens with one attached hydrogen (secondary N) is 1. The fraction of sp³-hybridized carbons (Fsp3) is 0.263. The molecule has 0 saturated heterocycles. The number of aryl methyl sites for hydroxylation is 1. The first-order valence-electron chi connectivity index (χ1n) is 8.13. The number of fused-ring (bicyclic) bond motifs is 1. The topological polar surface area (TPSA) is 80.2 Å². The van der Waals surface area contributed by atoms with Crippen LogP contribution in [-0.4, -0.2) is 29.9 Å². The summed E-state index contributed by atoms with van der Waals surface area (Å²) < 4.78 is 10.9. The van der Waals surface area contributed by atoms with Crippen LogP contribution in [0, 0.1) is 0 Å². The van der Waals surface area contributed by atoms with Crippen LogP contribution < -0.4 is 14.9 Å². The Kier molecular flexibility index (Phi) is 5.18. The normalized spacial score (nSPS) is 13.4. The van der Waals surface area contributed by atoms with Gasteiger partial charge < -0.3 is 14.6 Å². The first-order chi connectivity index (χ1) is 12.1. The molecule has 6 nitrogen and oxygen atoms in total. The summed E-state index contributed by atoms with van der Waals surface area (Å²) >= 11 is 0. The lowest BCUT2D eigenvalue weighted by atomic mass is 10.1. The Morgan fingerprint density at radius 1 is 1.12 bits per heavy atom. The van der Waals surface area contributed by atoms with Gasteiger partial charge in [0.15, 0.2) is 11.5 Å². The van der Waals surface area contributed by atoms with E-state index < -0.39 is 0 Å². The van der Waals surface area contributed by atoms with Crippen molar-refractivity contribution in [3.63, 3.8) is 0 Å². The molecular formula is C19H20N2O4. The number of hydrogen-bond donors (Lipinski definition) is 2. The Bertz CT molecular complexity index is 785. The second kappa shape index (κ2) is 7.70. The number of hydrazone groups is 1. The second-order valence-electron chi connectivity index (χ2n) is 5.81. The molecule has 0 atom stereocenters. The largest absolute Gasteiger partial charge is 0.508 e. The summed E-state index contributed by atoms with van der Waals surface area (Å²) in [7, 11) is 0. The number of phenolic OH excluding ortho intramolecular Hbond substituents is 1. The minimum absolute atomic E-state index is 0.251. The van der Waals surface area contributed by atoms with Crippen LogP contribution in [-0.2, 0) is 6.42 Å². The predicted molar refractivity (Wildman–Crippen MR) is 94.4 cm³/mol. The monoisotopic (exact) mass is 340 g/mol. The van der Waals surface area contributed by atoms with Crippen LogP contribution in [0.15, 0.2) is 47.6 Å². The SMILES string of the molecule is C/C(CCc1ccc(O)cc1)=N\NC(=O)c1ccc2c(c1)OCCO2. The maximum Gasteiger partial charge on any atom is 0.271 e. The van der Waals surface area contributed by atoms with Crippen LogP contribution in [0.4, 0.5) is 0 Å². The van der Waals surface area contributed by atoms with Crippen molar-refractivity contribution < 1.29 is 19.4 Å². The van der Waals surface area contributed by atoms with Gasteiger partial charge in [-0.15, -0.1) is 0 Å². The van der Waals surface area contributed by atoms with E-state index in [1.165, 1.54) is 0 Å². The van der Waals surface area contributed by atoms with E-state index in [1.54, 1.807) is 30.3 Å². The summed E-state index contributed by atoms with van der Waals surface area (Å²) in [6.45, 7) is 2.86. The van der Waals surface area contributed by atoms with Crippen molar-refractivity contribution in [2.45, 2.75) is 19.8 Å². The highest BCUT2D eigenvalue weighted by atomic mass is 16.6. The molecular weight excluding hydrogens is 320 g/mol. The third kappa shape index (κ3) is 4.50. The summed E-state index contributed by atoms with van der Waals surface area (Å²) in [5.74, 6) is 1.19. The number of ether oxygens (including phenoxy) is 2. The lowest BCUT2D eigenvalue weighted by Gasteiger charge is -2.18. The van der Waals surface area contributed by atoms with Crippen LogP contribution in [0.2, 0.25) is 0 Å². The minimum atomic E-state index is -0.291. The third-order valence-corrected chi connectivity index (χ3v) is 3.86. The van der Waals surface area contributed by atoms with E-state index in [4.69, 9.17) is 9.47 Å². The molecule has 1 amide bonds. The average Bonchev–Trinajstić information content (AvgIpc) is 2.65. The number of hydrogen-bond acceptors (Lipinski definition) is 5. The van der Waals surface area contributed by atoms with Gasteiger partial charge in [-0.25, -0.2) is 5.43 Å². The summed E-state index contributed by atoms with van der Waals surface area (Å²) in [6, 6.07) is 12.1. The van der Waals surface area contributed by atoms with Crippen LogP contribution in [0.1, 0.15) is 29.3 Å². The quantitative estimate of drug-likeness (QED) is 0.648. The van der Waals surface area contributed by atoms with Crippen molar-refractivity contribution in [2.24, 2.45) is 5.10 Å². The Morgan fingerprint density at radius 2 is 1.84 bits per heavy atom. The predicted octanol–water partition coefficient (Wildman–Crippen LogP) is 2.90. The number of rotatable bonds is 5. The highest BCUT2D eigenvalue weighted by molar-refractivity contribution is 5.95. The standard InChI is InChI=1S/C19H20N2O4/c1-13(2-3-14-4-7-16(22)8-5-14)20-21-19(23)15-6-9-17-18(12-15)25-11-10-24-17/h4-9,12,22H,2-3,10-11H2,1H3,(H,21,23)/b20-13+. The Morgan fingerprint density at radius 3 is 2.60 bits per heavy atom. The highest BCUT2D eigenvalue weighted by Crippen LogP contribution is 2.30. The molecule has 25 heavy (non-hydrogen) atoms. The van der Waals surface area contributed by atoms with Crippen molar-refractivity contribution in [2.75, 3.05) is 13.2 Å². The van der Waals surface area contributed by atoms with Crippen molar-refractivity contribution in [3.8, 4) is 17.2 Å². The van der Waals surface area contributed by atoms with Gasteiger partial charge in [0.2, 0.25) is 0 Å². The minimum Gasteiger partial charge on any atom is -0.508 e. The molecule has 2 aromatic rings. The van der Waals surface area contributed by atoms with E-state index in [9.17, 15) is 9.90 Å². The zero-order chi connectivity index (χ0) is 17.6. The van der Waals surface area contributed by atoms with Crippen LogP contribution in [0.25, 0.3) is 0 Å². The van der Waals surface area contributed by atoms with Crippen LogP contribution in [0.3, 0.4) is 0 Å². The number of carbonyl (C=O) groups excluding carboxylic acids is 1. The van der Waals surface area contributed by atoms with Crippen LogP contribution >= 0.6 is 0 Å². The number of phenols is 1. The average molecular weight is 340 g/mol. The molecule has 3 rings (SSSR count). The van der Waals surface area contributed by atoms with E-state index in [2.05, 4.69) is 10.5 Å². The number of nitrogens with zero attached hydrogens (tertiary/aromatic N) is 1. The van der Waals surface area contributed by atoms with Gasteiger partial charge in [-0.1, -0.05) is 12.1 Å². The summed E-state index contributed by atoms with van der Waals surface area (Å²) in [6.07, 6.45) is 1.50. The molecule has 0 unspecified atom stereocenters.